The van der Waals surface area contributed by atoms with Crippen molar-refractivity contribution in [1.29, 1.82) is 0 Å². The van der Waals surface area contributed by atoms with Crippen LogP contribution in [0.5, 0.6) is 5.75 Å². The Labute approximate surface area is 182 Å². The predicted molar refractivity (Wildman–Crippen MR) is 121 cm³/mol. The van der Waals surface area contributed by atoms with Crippen LogP contribution in [0.3, 0.4) is 0 Å². The van der Waals surface area contributed by atoms with Gasteiger partial charge in [0.2, 0.25) is 0 Å². The predicted octanol–water partition coefficient (Wildman–Crippen LogP) is 6.41. The van der Waals surface area contributed by atoms with E-state index in [1.807, 2.05) is 23.6 Å². The van der Waals surface area contributed by atoms with Gasteiger partial charge in [0.25, 0.3) is 0 Å². The van der Waals surface area contributed by atoms with Crippen molar-refractivity contribution in [2.45, 2.75) is 17.7 Å². The number of hydrogen-bond donors (Lipinski definition) is 2. The van der Waals surface area contributed by atoms with Gasteiger partial charge in [-0.1, -0.05) is 11.6 Å². The van der Waals surface area contributed by atoms with E-state index in [1.54, 1.807) is 18.7 Å². The zero-order chi connectivity index (χ0) is 20.2. The third-order valence-corrected chi connectivity index (χ3v) is 6.38. The van der Waals surface area contributed by atoms with Gasteiger partial charge in [-0.3, -0.25) is 0 Å². The summed E-state index contributed by atoms with van der Waals surface area (Å²) in [5.41, 5.74) is 4.14. The second-order valence-corrected chi connectivity index (χ2v) is 8.52. The number of methoxy groups -OCH3 is 1. The van der Waals surface area contributed by atoms with Crippen molar-refractivity contribution in [2.75, 3.05) is 35.1 Å². The summed E-state index contributed by atoms with van der Waals surface area (Å²) in [6, 6.07) is 8.86. The summed E-state index contributed by atoms with van der Waals surface area (Å²) < 4.78 is 23.1. The molecule has 0 aliphatic carbocycles. The van der Waals surface area contributed by atoms with Crippen LogP contribution in [0, 0.1) is 5.82 Å². The van der Waals surface area contributed by atoms with Gasteiger partial charge in [-0.2, -0.15) is 0 Å². The lowest BCUT2D eigenvalue weighted by atomic mass is 10.2. The van der Waals surface area contributed by atoms with Gasteiger partial charge in [0.05, 0.1) is 39.6 Å². The number of halogens is 2. The second-order valence-electron chi connectivity index (χ2n) is 6.54. The first-order valence-electron chi connectivity index (χ1n) is 9.14. The molecule has 0 saturated carbocycles. The molecule has 1 aliphatic rings. The van der Waals surface area contributed by atoms with E-state index in [9.17, 15) is 4.39 Å². The molecule has 1 saturated heterocycles. The molecule has 0 unspecified atom stereocenters. The lowest BCUT2D eigenvalue weighted by molar-refractivity contribution is 0.415. The second kappa shape index (κ2) is 9.11. The monoisotopic (exact) mass is 450 g/mol. The van der Waals surface area contributed by atoms with E-state index in [4.69, 9.17) is 16.3 Å². The quantitative estimate of drug-likeness (QED) is 0.406. The summed E-state index contributed by atoms with van der Waals surface area (Å²) in [4.78, 5) is 6.83. The number of nitrogens with one attached hydrogen (secondary N) is 2. The normalized spacial score (nSPS) is 13.6. The van der Waals surface area contributed by atoms with Gasteiger partial charge in [-0.15, -0.1) is 11.3 Å². The van der Waals surface area contributed by atoms with Crippen molar-refractivity contribution in [3.63, 3.8) is 0 Å². The Bertz CT molecular complexity index is 981. The Morgan fingerprint density at radius 2 is 2.03 bits per heavy atom. The van der Waals surface area contributed by atoms with Crippen molar-refractivity contribution in [2.24, 2.45) is 0 Å². The van der Waals surface area contributed by atoms with Gasteiger partial charge in [0.1, 0.15) is 17.4 Å². The fourth-order valence-corrected chi connectivity index (χ4v) is 4.68. The summed E-state index contributed by atoms with van der Waals surface area (Å²) in [7, 11) is 1.65. The molecule has 0 bridgehead atoms. The maximum atomic E-state index is 14.7. The van der Waals surface area contributed by atoms with Crippen LogP contribution in [0.25, 0.3) is 0 Å². The Balaban J connectivity index is 1.57. The van der Waals surface area contributed by atoms with Gasteiger partial charge >= 0.3 is 0 Å². The topological polar surface area (TPSA) is 49.4 Å². The Kier molecular flexibility index (Phi) is 6.32. The summed E-state index contributed by atoms with van der Waals surface area (Å²) >= 11 is 9.08. The molecular formula is C20H20ClFN4OS2. The van der Waals surface area contributed by atoms with E-state index in [1.165, 1.54) is 17.4 Å². The molecule has 152 valence electrons. The summed E-state index contributed by atoms with van der Waals surface area (Å²) in [5, 5.41) is 5.59. The third-order valence-electron chi connectivity index (χ3n) is 4.64. The number of rotatable bonds is 7. The first-order chi connectivity index (χ1) is 14.1. The molecule has 0 radical (unpaired) electrons. The van der Waals surface area contributed by atoms with Crippen LogP contribution in [0.2, 0.25) is 5.02 Å². The van der Waals surface area contributed by atoms with Crippen LogP contribution >= 0.6 is 34.9 Å². The van der Waals surface area contributed by atoms with Crippen molar-refractivity contribution >= 4 is 57.8 Å². The SMILES string of the molecule is COc1ccc(Nc2cc(F)c(SNc3cscn3)cc2Cl)c(N2CCCC2)c1. The maximum Gasteiger partial charge on any atom is 0.147 e. The summed E-state index contributed by atoms with van der Waals surface area (Å²) in [6.07, 6.45) is 2.31. The number of anilines is 4. The van der Waals surface area contributed by atoms with Gasteiger partial charge < -0.3 is 19.7 Å². The minimum Gasteiger partial charge on any atom is -0.497 e. The lowest BCUT2D eigenvalue weighted by Crippen LogP contribution is -2.19. The average molecular weight is 451 g/mol. The molecule has 29 heavy (non-hydrogen) atoms. The number of nitrogens with zero attached hydrogens (tertiary/aromatic N) is 2. The van der Waals surface area contributed by atoms with Crippen LogP contribution in [-0.2, 0) is 0 Å². The zero-order valence-corrected chi connectivity index (χ0v) is 18.1. The number of thiazole rings is 1. The summed E-state index contributed by atoms with van der Waals surface area (Å²) in [6.45, 7) is 1.98. The Morgan fingerprint density at radius 3 is 2.76 bits per heavy atom. The number of hydrogen-bond acceptors (Lipinski definition) is 7. The fraction of sp³-hybridized carbons (Fsp3) is 0.250. The molecule has 2 N–H and O–H groups in total. The first kappa shape index (κ1) is 20.1. The average Bonchev–Trinajstić information content (AvgIpc) is 3.44. The van der Waals surface area contributed by atoms with Crippen LogP contribution in [0.15, 0.2) is 46.1 Å². The van der Waals surface area contributed by atoms with Gasteiger partial charge in [0, 0.05) is 30.6 Å². The molecule has 5 nitrogen and oxygen atoms in total. The molecule has 1 aliphatic heterocycles. The van der Waals surface area contributed by atoms with E-state index in [0.717, 1.165) is 55.0 Å². The molecule has 0 amide bonds. The van der Waals surface area contributed by atoms with E-state index >= 15 is 0 Å². The highest BCUT2D eigenvalue weighted by Crippen LogP contribution is 2.38. The van der Waals surface area contributed by atoms with Crippen molar-refractivity contribution in [3.05, 3.63) is 52.1 Å². The molecule has 2 heterocycles. The van der Waals surface area contributed by atoms with Crippen molar-refractivity contribution < 1.29 is 9.13 Å². The molecule has 1 aromatic heterocycles. The highest BCUT2D eigenvalue weighted by atomic mass is 35.5. The van der Waals surface area contributed by atoms with Gasteiger partial charge in [-0.05, 0) is 43.0 Å². The molecule has 0 atom stereocenters. The highest BCUT2D eigenvalue weighted by Gasteiger charge is 2.18. The Morgan fingerprint density at radius 1 is 1.21 bits per heavy atom. The van der Waals surface area contributed by atoms with Crippen LogP contribution in [0.1, 0.15) is 12.8 Å². The number of benzene rings is 2. The Hall–Kier alpha value is -2.16. The maximum absolute atomic E-state index is 14.7. The molecule has 0 spiro atoms. The molecule has 2 aromatic carbocycles. The zero-order valence-electron chi connectivity index (χ0n) is 15.7. The first-order valence-corrected chi connectivity index (χ1v) is 11.3. The summed E-state index contributed by atoms with van der Waals surface area (Å²) in [5.74, 6) is 1.11. The molecule has 9 heteroatoms. The molecule has 3 aromatic rings. The molecule has 1 fully saturated rings. The van der Waals surface area contributed by atoms with Crippen molar-refractivity contribution in [1.82, 2.24) is 4.98 Å². The standard InChI is InChI=1S/C20H20ClFN4OS2/c1-27-13-4-5-16(18(8-13)26-6-2-3-7-26)24-17-10-15(22)19(9-14(17)21)29-25-20-11-28-12-23-20/h4-5,8-12,24-25H,2-3,6-7H2,1H3. The molecular weight excluding hydrogens is 431 g/mol. The van der Waals surface area contributed by atoms with E-state index in [2.05, 4.69) is 19.9 Å². The lowest BCUT2D eigenvalue weighted by Gasteiger charge is -2.23. The van der Waals surface area contributed by atoms with Crippen LogP contribution in [-0.4, -0.2) is 25.2 Å². The smallest absolute Gasteiger partial charge is 0.147 e. The van der Waals surface area contributed by atoms with Gasteiger partial charge in [0.15, 0.2) is 0 Å². The number of aromatic nitrogens is 1. The van der Waals surface area contributed by atoms with E-state index < -0.39 is 0 Å². The van der Waals surface area contributed by atoms with Crippen molar-refractivity contribution in [3.8, 4) is 5.75 Å². The van der Waals surface area contributed by atoms with E-state index in [-0.39, 0.29) is 5.82 Å². The number of ether oxygens (including phenoxy) is 1. The van der Waals surface area contributed by atoms with Crippen LogP contribution < -0.4 is 19.7 Å². The largest absolute Gasteiger partial charge is 0.497 e. The molecule has 4 rings (SSSR count). The minimum atomic E-state index is -0.360. The fourth-order valence-electron chi connectivity index (χ4n) is 3.18. The third kappa shape index (κ3) is 4.71. The van der Waals surface area contributed by atoms with Gasteiger partial charge in [-0.25, -0.2) is 9.37 Å². The highest BCUT2D eigenvalue weighted by molar-refractivity contribution is 8.00. The minimum absolute atomic E-state index is 0.360. The van der Waals surface area contributed by atoms with E-state index in [0.29, 0.717) is 21.4 Å². The van der Waals surface area contributed by atoms with Crippen LogP contribution in [0.4, 0.5) is 27.3 Å².